The number of fused-ring (bicyclic) bond motifs is 1. The Kier molecular flexibility index (Phi) is 6.95. The van der Waals surface area contributed by atoms with Crippen molar-refractivity contribution in [3.63, 3.8) is 0 Å². The second-order valence-electron chi connectivity index (χ2n) is 10.5. The number of nitrogens with two attached hydrogens (primary N) is 1. The second kappa shape index (κ2) is 10.1. The number of nitrogen functional groups attached to an aromatic ring is 1. The molecular formula is C26H29BrFN7O3. The molecule has 4 aromatic rings. The smallest absolute Gasteiger partial charge is 0.338 e. The molecule has 0 bridgehead atoms. The van der Waals surface area contributed by atoms with E-state index in [1.165, 1.54) is 0 Å². The van der Waals surface area contributed by atoms with Gasteiger partial charge in [0.25, 0.3) is 0 Å². The number of halogens is 2. The van der Waals surface area contributed by atoms with Crippen molar-refractivity contribution in [2.45, 2.75) is 63.8 Å². The number of pyridine rings is 1. The van der Waals surface area contributed by atoms with Gasteiger partial charge in [0.05, 0.1) is 40.4 Å². The fourth-order valence-corrected chi connectivity index (χ4v) is 5.66. The monoisotopic (exact) mass is 585 g/mol. The minimum absolute atomic E-state index is 0.0256. The fraction of sp³-hybridized carbons (Fsp3) is 0.423. The fourth-order valence-electron chi connectivity index (χ4n) is 5.08. The number of hydrogen-bond donors (Lipinski definition) is 3. The molecule has 1 fully saturated rings. The van der Waals surface area contributed by atoms with E-state index in [9.17, 15) is 14.3 Å². The third kappa shape index (κ3) is 5.14. The maximum absolute atomic E-state index is 14.0. The van der Waals surface area contributed by atoms with E-state index < -0.39 is 23.7 Å². The molecule has 4 aromatic heterocycles. The average Bonchev–Trinajstić information content (AvgIpc) is 3.52. The van der Waals surface area contributed by atoms with E-state index in [2.05, 4.69) is 31.1 Å². The molecule has 0 aromatic carbocycles. The van der Waals surface area contributed by atoms with Crippen LogP contribution in [-0.2, 0) is 11.3 Å². The Morgan fingerprint density at radius 1 is 1.18 bits per heavy atom. The number of aliphatic carboxylic acids is 1. The molecule has 12 heteroatoms. The van der Waals surface area contributed by atoms with Gasteiger partial charge < -0.3 is 15.9 Å². The van der Waals surface area contributed by atoms with Crippen LogP contribution in [0.2, 0.25) is 0 Å². The molecule has 0 aliphatic heterocycles. The summed E-state index contributed by atoms with van der Waals surface area (Å²) in [5.41, 5.74) is 10.1. The Bertz CT molecular complexity index is 1470. The topological polar surface area (TPSA) is 144 Å². The zero-order valence-electron chi connectivity index (χ0n) is 21.1. The maximum Gasteiger partial charge on any atom is 0.338 e. The second-order valence-corrected chi connectivity index (χ2v) is 11.3. The minimum atomic E-state index is -1.84. The van der Waals surface area contributed by atoms with Crippen LogP contribution in [0.5, 0.6) is 0 Å². The van der Waals surface area contributed by atoms with Crippen molar-refractivity contribution in [3.8, 4) is 22.4 Å². The van der Waals surface area contributed by atoms with Crippen LogP contribution in [0.3, 0.4) is 0 Å². The first-order chi connectivity index (χ1) is 18.0. The van der Waals surface area contributed by atoms with Crippen molar-refractivity contribution in [2.75, 3.05) is 5.73 Å². The van der Waals surface area contributed by atoms with E-state index in [1.54, 1.807) is 41.6 Å². The molecule has 4 heterocycles. The number of aliphatic hydroxyl groups is 1. The lowest BCUT2D eigenvalue weighted by Gasteiger charge is -2.29. The Labute approximate surface area is 226 Å². The van der Waals surface area contributed by atoms with Crippen LogP contribution < -0.4 is 5.73 Å². The SMILES string of the molecule is CC(C)(O)Cn1cc(-c2ccc(-c3cnn4c(N)c(Br)c(C5CCC(C(F)C(=O)O)CC5)nc34)cn2)cn1. The summed E-state index contributed by atoms with van der Waals surface area (Å²) in [6.07, 6.45) is 7.36. The van der Waals surface area contributed by atoms with Gasteiger partial charge in [-0.3, -0.25) is 9.67 Å². The van der Waals surface area contributed by atoms with Gasteiger partial charge in [0.15, 0.2) is 11.8 Å². The molecule has 1 aliphatic carbocycles. The van der Waals surface area contributed by atoms with E-state index in [0.29, 0.717) is 48.2 Å². The van der Waals surface area contributed by atoms with Gasteiger partial charge in [-0.2, -0.15) is 14.7 Å². The first kappa shape index (κ1) is 26.2. The summed E-state index contributed by atoms with van der Waals surface area (Å²) in [7, 11) is 0. The van der Waals surface area contributed by atoms with Crippen molar-refractivity contribution < 1.29 is 19.4 Å². The van der Waals surface area contributed by atoms with E-state index in [-0.39, 0.29) is 5.92 Å². The van der Waals surface area contributed by atoms with E-state index in [0.717, 1.165) is 28.1 Å². The predicted octanol–water partition coefficient (Wildman–Crippen LogP) is 4.47. The number of nitrogens with zero attached hydrogens (tertiary/aromatic N) is 6. The third-order valence-electron chi connectivity index (χ3n) is 7.01. The number of anilines is 1. The van der Waals surface area contributed by atoms with Crippen LogP contribution in [-0.4, -0.2) is 57.3 Å². The van der Waals surface area contributed by atoms with Crippen LogP contribution in [0.25, 0.3) is 28.0 Å². The number of rotatable bonds is 7. The predicted molar refractivity (Wildman–Crippen MR) is 143 cm³/mol. The van der Waals surface area contributed by atoms with Crippen molar-refractivity contribution in [3.05, 3.63) is 47.1 Å². The Hall–Kier alpha value is -3.38. The maximum atomic E-state index is 14.0. The Morgan fingerprint density at radius 2 is 1.92 bits per heavy atom. The van der Waals surface area contributed by atoms with Crippen LogP contribution in [0.1, 0.15) is 51.1 Å². The summed E-state index contributed by atoms with van der Waals surface area (Å²) < 4.78 is 17.9. The minimum Gasteiger partial charge on any atom is -0.479 e. The molecule has 0 saturated heterocycles. The Balaban J connectivity index is 1.41. The van der Waals surface area contributed by atoms with Crippen molar-refractivity contribution in [2.24, 2.45) is 5.92 Å². The molecule has 1 atom stereocenters. The highest BCUT2D eigenvalue weighted by atomic mass is 79.9. The van der Waals surface area contributed by atoms with Crippen molar-refractivity contribution in [1.29, 1.82) is 0 Å². The summed E-state index contributed by atoms with van der Waals surface area (Å²) in [6, 6.07) is 3.83. The number of carbonyl (C=O) groups is 1. The number of hydrogen-bond acceptors (Lipinski definition) is 7. The van der Waals surface area contributed by atoms with Gasteiger partial charge >= 0.3 is 5.97 Å². The van der Waals surface area contributed by atoms with Gasteiger partial charge in [0.1, 0.15) is 5.82 Å². The van der Waals surface area contributed by atoms with Crippen LogP contribution in [0.15, 0.2) is 41.4 Å². The largest absolute Gasteiger partial charge is 0.479 e. The molecule has 0 spiro atoms. The highest BCUT2D eigenvalue weighted by Crippen LogP contribution is 2.42. The molecule has 1 aliphatic rings. The van der Waals surface area contributed by atoms with Crippen molar-refractivity contribution >= 4 is 33.4 Å². The highest BCUT2D eigenvalue weighted by molar-refractivity contribution is 9.10. The van der Waals surface area contributed by atoms with Crippen LogP contribution >= 0.6 is 15.9 Å². The molecule has 5 rings (SSSR count). The van der Waals surface area contributed by atoms with Crippen LogP contribution in [0.4, 0.5) is 10.2 Å². The molecule has 4 N–H and O–H groups in total. The molecule has 0 radical (unpaired) electrons. The lowest BCUT2D eigenvalue weighted by atomic mass is 9.78. The first-order valence-electron chi connectivity index (χ1n) is 12.4. The number of carboxylic acid groups (broad SMARTS) is 1. The summed E-state index contributed by atoms with van der Waals surface area (Å²) in [6.45, 7) is 3.83. The van der Waals surface area contributed by atoms with E-state index in [1.807, 2.05) is 18.3 Å². The van der Waals surface area contributed by atoms with E-state index in [4.69, 9.17) is 15.8 Å². The molecular weight excluding hydrogens is 557 g/mol. The number of alkyl halides is 1. The zero-order valence-corrected chi connectivity index (χ0v) is 22.6. The molecule has 0 amide bonds. The standard InChI is InChI=1S/C26H29BrFN7O3/c1-26(2,38)13-34-12-17(10-31-34)19-8-7-16(9-30-19)18-11-32-35-23(29)20(27)22(33-24(18)35)15-5-3-14(4-6-15)21(28)25(36)37/h7-12,14-15,21,38H,3-6,13,29H2,1-2H3,(H,36,37). The average molecular weight is 586 g/mol. The van der Waals surface area contributed by atoms with Gasteiger partial charge in [-0.05, 0) is 61.5 Å². The van der Waals surface area contributed by atoms with Gasteiger partial charge in [-0.15, -0.1) is 0 Å². The normalized spacial score (nSPS) is 19.1. The quantitative estimate of drug-likeness (QED) is 0.288. The Morgan fingerprint density at radius 3 is 2.55 bits per heavy atom. The highest BCUT2D eigenvalue weighted by Gasteiger charge is 2.34. The third-order valence-corrected chi connectivity index (χ3v) is 7.82. The number of aromatic nitrogens is 6. The van der Waals surface area contributed by atoms with Gasteiger partial charge in [0.2, 0.25) is 0 Å². The summed E-state index contributed by atoms with van der Waals surface area (Å²) in [5, 5.41) is 27.8. The van der Waals surface area contributed by atoms with E-state index >= 15 is 0 Å². The van der Waals surface area contributed by atoms with Gasteiger partial charge in [-0.1, -0.05) is 6.07 Å². The number of carboxylic acids is 1. The van der Waals surface area contributed by atoms with Gasteiger partial charge in [0, 0.05) is 40.9 Å². The summed E-state index contributed by atoms with van der Waals surface area (Å²) >= 11 is 3.57. The lowest BCUT2D eigenvalue weighted by molar-refractivity contribution is -0.145. The summed E-state index contributed by atoms with van der Waals surface area (Å²) in [5.74, 6) is -1.44. The first-order valence-corrected chi connectivity index (χ1v) is 13.2. The van der Waals surface area contributed by atoms with Crippen LogP contribution in [0, 0.1) is 5.92 Å². The lowest BCUT2D eigenvalue weighted by Crippen LogP contribution is -2.28. The zero-order chi connectivity index (χ0) is 27.2. The summed E-state index contributed by atoms with van der Waals surface area (Å²) in [4.78, 5) is 20.6. The molecule has 1 saturated carbocycles. The molecule has 38 heavy (non-hydrogen) atoms. The van der Waals surface area contributed by atoms with Crippen molar-refractivity contribution in [1.82, 2.24) is 29.4 Å². The molecule has 200 valence electrons. The molecule has 1 unspecified atom stereocenters. The van der Waals surface area contributed by atoms with Gasteiger partial charge in [-0.25, -0.2) is 14.2 Å². The molecule has 10 nitrogen and oxygen atoms in total.